The molecule has 0 aliphatic rings. The number of nitrogens with zero attached hydrogens (tertiary/aromatic N) is 3. The molecule has 0 atom stereocenters. The molecular formula is C20H24N4O2S. The van der Waals surface area contributed by atoms with Gasteiger partial charge in [-0.3, -0.25) is 14.7 Å². The van der Waals surface area contributed by atoms with Crippen LogP contribution in [0, 0.1) is 20.8 Å². The summed E-state index contributed by atoms with van der Waals surface area (Å²) < 4.78 is 1.48. The van der Waals surface area contributed by atoms with Crippen molar-refractivity contribution >= 4 is 17.2 Å². The fourth-order valence-corrected chi connectivity index (χ4v) is 3.80. The van der Waals surface area contributed by atoms with E-state index < -0.39 is 0 Å². The van der Waals surface area contributed by atoms with Crippen LogP contribution in [0.4, 0.5) is 0 Å². The molecule has 2 heterocycles. The van der Waals surface area contributed by atoms with E-state index in [1.165, 1.54) is 16.0 Å². The Morgan fingerprint density at radius 1 is 1.22 bits per heavy atom. The van der Waals surface area contributed by atoms with Crippen LogP contribution in [0.5, 0.6) is 0 Å². The maximum atomic E-state index is 12.8. The summed E-state index contributed by atoms with van der Waals surface area (Å²) in [6, 6.07) is 9.87. The molecule has 0 aliphatic heterocycles. The van der Waals surface area contributed by atoms with Gasteiger partial charge in [-0.2, -0.15) is 4.68 Å². The molecule has 0 unspecified atom stereocenters. The largest absolute Gasteiger partial charge is 0.341 e. The molecule has 0 saturated heterocycles. The number of amides is 1. The minimum Gasteiger partial charge on any atom is -0.341 e. The van der Waals surface area contributed by atoms with Crippen molar-refractivity contribution in [2.24, 2.45) is 0 Å². The third-order valence-corrected chi connectivity index (χ3v) is 5.74. The van der Waals surface area contributed by atoms with Gasteiger partial charge in [0.25, 0.3) is 5.56 Å². The van der Waals surface area contributed by atoms with Crippen molar-refractivity contribution in [3.8, 4) is 5.13 Å². The van der Waals surface area contributed by atoms with Crippen molar-refractivity contribution in [3.63, 3.8) is 0 Å². The van der Waals surface area contributed by atoms with E-state index in [0.717, 1.165) is 21.8 Å². The molecule has 0 bridgehead atoms. The summed E-state index contributed by atoms with van der Waals surface area (Å²) in [5.41, 5.74) is 3.31. The zero-order valence-corrected chi connectivity index (χ0v) is 16.9. The molecule has 3 rings (SSSR count). The van der Waals surface area contributed by atoms with E-state index in [9.17, 15) is 9.59 Å². The fraction of sp³-hybridized carbons (Fsp3) is 0.350. The minimum absolute atomic E-state index is 0.0198. The van der Waals surface area contributed by atoms with Gasteiger partial charge in [-0.05, 0) is 32.8 Å². The molecule has 0 radical (unpaired) electrons. The van der Waals surface area contributed by atoms with Crippen molar-refractivity contribution in [1.82, 2.24) is 19.7 Å². The average Bonchev–Trinajstić information content (AvgIpc) is 3.12. The Kier molecular flexibility index (Phi) is 5.60. The van der Waals surface area contributed by atoms with Gasteiger partial charge in [0.05, 0.1) is 5.69 Å². The summed E-state index contributed by atoms with van der Waals surface area (Å²) in [5.74, 6) is 0.0198. The van der Waals surface area contributed by atoms with Crippen LogP contribution in [-0.4, -0.2) is 32.6 Å². The molecule has 3 aromatic rings. The van der Waals surface area contributed by atoms with Gasteiger partial charge in [0, 0.05) is 36.1 Å². The number of hydrogen-bond acceptors (Lipinski definition) is 4. The van der Waals surface area contributed by atoms with E-state index in [1.807, 2.05) is 51.1 Å². The van der Waals surface area contributed by atoms with Crippen LogP contribution in [0.2, 0.25) is 0 Å². The SMILES string of the molecule is Cc1nc(-n2[nH]c(C)c(CCC(=O)N(C)Cc3ccccc3)c2=O)sc1C. The summed E-state index contributed by atoms with van der Waals surface area (Å²) in [6.07, 6.45) is 0.711. The average molecular weight is 385 g/mol. The van der Waals surface area contributed by atoms with Crippen LogP contribution < -0.4 is 5.56 Å². The van der Waals surface area contributed by atoms with E-state index in [2.05, 4.69) is 10.1 Å². The second kappa shape index (κ2) is 7.92. The molecule has 1 amide bonds. The number of thiazole rings is 1. The number of nitrogens with one attached hydrogen (secondary N) is 1. The van der Waals surface area contributed by atoms with Gasteiger partial charge in [-0.1, -0.05) is 41.7 Å². The van der Waals surface area contributed by atoms with E-state index >= 15 is 0 Å². The molecule has 2 aromatic heterocycles. The molecule has 27 heavy (non-hydrogen) atoms. The lowest BCUT2D eigenvalue weighted by Crippen LogP contribution is -2.27. The van der Waals surface area contributed by atoms with Crippen molar-refractivity contribution in [1.29, 1.82) is 0 Å². The molecule has 0 saturated carbocycles. The fourth-order valence-electron chi connectivity index (χ4n) is 2.93. The maximum absolute atomic E-state index is 12.8. The first-order valence-electron chi connectivity index (χ1n) is 8.89. The Bertz CT molecular complexity index is 981. The monoisotopic (exact) mass is 384 g/mol. The molecule has 1 aromatic carbocycles. The van der Waals surface area contributed by atoms with Crippen LogP contribution >= 0.6 is 11.3 Å². The summed E-state index contributed by atoms with van der Waals surface area (Å²) in [5, 5.41) is 3.73. The van der Waals surface area contributed by atoms with Gasteiger partial charge in [-0.25, -0.2) is 4.98 Å². The quantitative estimate of drug-likeness (QED) is 0.710. The number of benzene rings is 1. The standard InChI is InChI=1S/C20H24N4O2S/c1-13-15(3)27-20(21-13)24-19(26)17(14(2)22-24)10-11-18(25)23(4)12-16-8-6-5-7-9-16/h5-9,22H,10-12H2,1-4H3. The topological polar surface area (TPSA) is 71.0 Å². The highest BCUT2D eigenvalue weighted by Gasteiger charge is 2.17. The van der Waals surface area contributed by atoms with Crippen molar-refractivity contribution in [2.75, 3.05) is 7.05 Å². The minimum atomic E-state index is -0.125. The molecule has 1 N–H and O–H groups in total. The smallest absolute Gasteiger partial charge is 0.276 e. The highest BCUT2D eigenvalue weighted by Crippen LogP contribution is 2.19. The van der Waals surface area contributed by atoms with Gasteiger partial charge in [0.1, 0.15) is 0 Å². The van der Waals surface area contributed by atoms with Gasteiger partial charge in [-0.15, -0.1) is 0 Å². The number of carbonyl (C=O) groups is 1. The molecule has 0 spiro atoms. The predicted molar refractivity (Wildman–Crippen MR) is 108 cm³/mol. The normalized spacial score (nSPS) is 11.0. The van der Waals surface area contributed by atoms with Gasteiger partial charge >= 0.3 is 0 Å². The number of aromatic amines is 1. The van der Waals surface area contributed by atoms with Crippen molar-refractivity contribution in [2.45, 2.75) is 40.2 Å². The number of H-pyrrole nitrogens is 1. The van der Waals surface area contributed by atoms with Crippen LogP contribution in [0.15, 0.2) is 35.1 Å². The Morgan fingerprint density at radius 2 is 1.93 bits per heavy atom. The lowest BCUT2D eigenvalue weighted by atomic mass is 10.1. The van der Waals surface area contributed by atoms with Gasteiger partial charge in [0.2, 0.25) is 11.0 Å². The van der Waals surface area contributed by atoms with Crippen LogP contribution in [0.3, 0.4) is 0 Å². The number of carbonyl (C=O) groups excluding carboxylic acids is 1. The number of aromatic nitrogens is 3. The summed E-state index contributed by atoms with van der Waals surface area (Å²) >= 11 is 1.48. The first-order valence-corrected chi connectivity index (χ1v) is 9.71. The molecule has 7 heteroatoms. The van der Waals surface area contributed by atoms with Gasteiger partial charge in [0.15, 0.2) is 0 Å². The van der Waals surface area contributed by atoms with Crippen LogP contribution in [0.1, 0.15) is 33.8 Å². The first-order chi connectivity index (χ1) is 12.9. The highest BCUT2D eigenvalue weighted by atomic mass is 32.1. The molecule has 0 fully saturated rings. The van der Waals surface area contributed by atoms with E-state index in [1.54, 1.807) is 11.9 Å². The van der Waals surface area contributed by atoms with E-state index in [4.69, 9.17) is 0 Å². The second-order valence-electron chi connectivity index (χ2n) is 6.73. The summed E-state index contributed by atoms with van der Waals surface area (Å²) in [4.78, 5) is 32.4. The van der Waals surface area contributed by atoms with Crippen molar-refractivity contribution in [3.05, 3.63) is 68.1 Å². The van der Waals surface area contributed by atoms with E-state index in [-0.39, 0.29) is 11.5 Å². The number of hydrogen-bond donors (Lipinski definition) is 1. The molecule has 0 aliphatic carbocycles. The zero-order valence-electron chi connectivity index (χ0n) is 16.1. The first kappa shape index (κ1) is 19.1. The van der Waals surface area contributed by atoms with Crippen LogP contribution in [-0.2, 0) is 17.8 Å². The van der Waals surface area contributed by atoms with Gasteiger partial charge < -0.3 is 4.90 Å². The predicted octanol–water partition coefficient (Wildman–Crippen LogP) is 3.14. The third-order valence-electron chi connectivity index (χ3n) is 4.68. The molecular weight excluding hydrogens is 360 g/mol. The lowest BCUT2D eigenvalue weighted by molar-refractivity contribution is -0.130. The summed E-state index contributed by atoms with van der Waals surface area (Å²) in [6.45, 7) is 6.34. The third kappa shape index (κ3) is 4.19. The summed E-state index contributed by atoms with van der Waals surface area (Å²) in [7, 11) is 1.79. The van der Waals surface area contributed by atoms with E-state index in [0.29, 0.717) is 30.1 Å². The van der Waals surface area contributed by atoms with Crippen LogP contribution in [0.25, 0.3) is 5.13 Å². The Labute approximate surface area is 162 Å². The maximum Gasteiger partial charge on any atom is 0.276 e. The Hall–Kier alpha value is -2.67. The number of aryl methyl sites for hydroxylation is 3. The highest BCUT2D eigenvalue weighted by molar-refractivity contribution is 7.14. The Balaban J connectivity index is 1.69. The zero-order chi connectivity index (χ0) is 19.6. The van der Waals surface area contributed by atoms with Crippen molar-refractivity contribution < 1.29 is 4.79 Å². The Morgan fingerprint density at radius 3 is 2.56 bits per heavy atom. The molecule has 142 valence electrons. The molecule has 6 nitrogen and oxygen atoms in total. The lowest BCUT2D eigenvalue weighted by Gasteiger charge is -2.17. The number of rotatable bonds is 6. The second-order valence-corrected chi connectivity index (χ2v) is 7.91.